The van der Waals surface area contributed by atoms with E-state index < -0.39 is 0 Å². The molecule has 31 heavy (non-hydrogen) atoms. The Bertz CT molecular complexity index is 901. The lowest BCUT2D eigenvalue weighted by Gasteiger charge is -2.27. The number of halogens is 3. The first kappa shape index (κ1) is 27.2. The van der Waals surface area contributed by atoms with Crippen LogP contribution in [0.5, 0.6) is 0 Å². The monoisotopic (exact) mass is 560 g/mol. The molecule has 0 aliphatic carbocycles. The molecule has 0 saturated carbocycles. The molecule has 0 unspecified atom stereocenters. The van der Waals surface area contributed by atoms with Gasteiger partial charge in [-0.3, -0.25) is 4.79 Å². The largest absolute Gasteiger partial charge is 0.357 e. The molecule has 0 fully saturated rings. The molecule has 2 rings (SSSR count). The Kier molecular flexibility index (Phi) is 10.7. The Balaban J connectivity index is 0.00000480. The summed E-state index contributed by atoms with van der Waals surface area (Å²) in [5, 5.41) is 6.99. The fourth-order valence-corrected chi connectivity index (χ4v) is 3.38. The number of benzene rings is 2. The third kappa shape index (κ3) is 7.96. The summed E-state index contributed by atoms with van der Waals surface area (Å²) in [4.78, 5) is 18.2. The van der Waals surface area contributed by atoms with Crippen LogP contribution in [-0.2, 0) is 12.0 Å². The zero-order valence-corrected chi connectivity index (χ0v) is 21.7. The molecule has 2 aromatic carbocycles. The van der Waals surface area contributed by atoms with Gasteiger partial charge in [0, 0.05) is 43.2 Å². The lowest BCUT2D eigenvalue weighted by molar-refractivity contribution is 0.0827. The summed E-state index contributed by atoms with van der Waals surface area (Å²) in [5.74, 6) is 0.305. The van der Waals surface area contributed by atoms with Crippen LogP contribution in [0.4, 0.5) is 4.39 Å². The van der Waals surface area contributed by atoms with E-state index in [2.05, 4.69) is 15.6 Å². The van der Waals surface area contributed by atoms with Crippen LogP contribution < -0.4 is 10.6 Å². The van der Waals surface area contributed by atoms with Crippen molar-refractivity contribution >= 4 is 47.4 Å². The van der Waals surface area contributed by atoms with Crippen molar-refractivity contribution in [1.82, 2.24) is 15.5 Å². The quantitative estimate of drug-likeness (QED) is 0.290. The first-order valence-electron chi connectivity index (χ1n) is 9.92. The first-order chi connectivity index (χ1) is 14.1. The summed E-state index contributed by atoms with van der Waals surface area (Å²) in [6, 6.07) is 11.9. The molecule has 5 nitrogen and oxygen atoms in total. The predicted octanol–water partition coefficient (Wildman–Crippen LogP) is 4.83. The number of guanidine groups is 1. The Morgan fingerprint density at radius 1 is 1.13 bits per heavy atom. The number of nitrogens with one attached hydrogen (secondary N) is 2. The Labute approximate surface area is 206 Å². The fourth-order valence-electron chi connectivity index (χ4n) is 2.96. The molecular weight excluding hydrogens is 530 g/mol. The van der Waals surface area contributed by atoms with Crippen LogP contribution in [-0.4, -0.2) is 44.0 Å². The number of hydrogen-bond acceptors (Lipinski definition) is 2. The van der Waals surface area contributed by atoms with E-state index in [4.69, 9.17) is 11.6 Å². The van der Waals surface area contributed by atoms with Crippen LogP contribution in [0.15, 0.2) is 47.5 Å². The van der Waals surface area contributed by atoms with Crippen molar-refractivity contribution in [2.24, 2.45) is 4.99 Å². The van der Waals surface area contributed by atoms with E-state index in [0.29, 0.717) is 29.6 Å². The van der Waals surface area contributed by atoms with Crippen molar-refractivity contribution in [1.29, 1.82) is 0 Å². The lowest BCUT2D eigenvalue weighted by atomic mass is 9.84. The van der Waals surface area contributed by atoms with Crippen LogP contribution in [0, 0.1) is 5.82 Å². The first-order valence-corrected chi connectivity index (χ1v) is 10.3. The van der Waals surface area contributed by atoms with E-state index in [1.807, 2.05) is 45.0 Å². The van der Waals surface area contributed by atoms with Crippen molar-refractivity contribution in [3.63, 3.8) is 0 Å². The summed E-state index contributed by atoms with van der Waals surface area (Å²) < 4.78 is 13.4. The van der Waals surface area contributed by atoms with Crippen LogP contribution >= 0.6 is 35.6 Å². The van der Waals surface area contributed by atoms with Gasteiger partial charge in [-0.2, -0.15) is 0 Å². The van der Waals surface area contributed by atoms with E-state index in [-0.39, 0.29) is 41.1 Å². The van der Waals surface area contributed by atoms with Crippen molar-refractivity contribution in [3.05, 3.63) is 70.0 Å². The highest BCUT2D eigenvalue weighted by Gasteiger charge is 2.24. The van der Waals surface area contributed by atoms with Gasteiger partial charge in [0.05, 0.1) is 6.54 Å². The molecule has 0 bridgehead atoms. The van der Waals surface area contributed by atoms with Gasteiger partial charge in [-0.25, -0.2) is 9.38 Å². The molecule has 0 aliphatic heterocycles. The van der Waals surface area contributed by atoms with Gasteiger partial charge in [-0.1, -0.05) is 43.6 Å². The van der Waals surface area contributed by atoms with E-state index >= 15 is 0 Å². The fraction of sp³-hybridized carbons (Fsp3) is 0.391. The van der Waals surface area contributed by atoms with Crippen LogP contribution in [0.3, 0.4) is 0 Å². The highest BCUT2D eigenvalue weighted by atomic mass is 127. The third-order valence-electron chi connectivity index (χ3n) is 4.73. The molecule has 2 aromatic rings. The van der Waals surface area contributed by atoms with Crippen molar-refractivity contribution in [2.75, 3.05) is 27.2 Å². The lowest BCUT2D eigenvalue weighted by Crippen LogP contribution is -2.43. The molecule has 0 saturated heterocycles. The van der Waals surface area contributed by atoms with Crippen LogP contribution in [0.2, 0.25) is 5.02 Å². The van der Waals surface area contributed by atoms with E-state index in [9.17, 15) is 9.18 Å². The third-order valence-corrected chi connectivity index (χ3v) is 5.04. The molecular formula is C23H31ClFIN4O. The number of carbonyl (C=O) groups is 1. The Morgan fingerprint density at radius 3 is 2.32 bits per heavy atom. The minimum absolute atomic E-state index is 0. The van der Waals surface area contributed by atoms with Gasteiger partial charge in [-0.15, -0.1) is 24.0 Å². The standard InChI is InChI=1S/C23H30ClFN4O.HI/c1-6-26-22(27-14-16-7-9-17(10-8-16)21(30)29(4)5)28-15-23(2,3)19-12-11-18(25)13-20(19)24;/h7-13H,6,14-15H2,1-5H3,(H2,26,27,28);1H. The summed E-state index contributed by atoms with van der Waals surface area (Å²) in [6.45, 7) is 7.86. The highest BCUT2D eigenvalue weighted by Crippen LogP contribution is 2.29. The molecule has 170 valence electrons. The second kappa shape index (κ2) is 12.2. The number of hydrogen-bond donors (Lipinski definition) is 2. The van der Waals surface area contributed by atoms with E-state index in [1.165, 1.54) is 12.1 Å². The number of carbonyl (C=O) groups excluding carboxylic acids is 1. The molecule has 0 heterocycles. The molecule has 0 spiro atoms. The van der Waals surface area contributed by atoms with Gasteiger partial charge in [0.2, 0.25) is 0 Å². The van der Waals surface area contributed by atoms with Gasteiger partial charge >= 0.3 is 0 Å². The zero-order chi connectivity index (χ0) is 22.3. The number of nitrogens with zero attached hydrogens (tertiary/aromatic N) is 2. The zero-order valence-electron chi connectivity index (χ0n) is 18.6. The Morgan fingerprint density at radius 2 is 1.77 bits per heavy atom. The van der Waals surface area contributed by atoms with Crippen molar-refractivity contribution < 1.29 is 9.18 Å². The smallest absolute Gasteiger partial charge is 0.253 e. The minimum atomic E-state index is -0.347. The molecule has 0 atom stereocenters. The second-order valence-corrected chi connectivity index (χ2v) is 8.36. The summed E-state index contributed by atoms with van der Waals surface area (Å²) in [7, 11) is 3.46. The highest BCUT2D eigenvalue weighted by molar-refractivity contribution is 14.0. The summed E-state index contributed by atoms with van der Waals surface area (Å²) in [6.07, 6.45) is 0. The Hall–Kier alpha value is -1.87. The molecule has 2 N–H and O–H groups in total. The van der Waals surface area contributed by atoms with Crippen LogP contribution in [0.25, 0.3) is 0 Å². The minimum Gasteiger partial charge on any atom is -0.357 e. The van der Waals surface area contributed by atoms with E-state index in [0.717, 1.165) is 17.7 Å². The average Bonchev–Trinajstić information content (AvgIpc) is 2.69. The second-order valence-electron chi connectivity index (χ2n) is 7.95. The molecule has 1 amide bonds. The van der Waals surface area contributed by atoms with Gasteiger partial charge in [0.25, 0.3) is 5.91 Å². The summed E-state index contributed by atoms with van der Waals surface area (Å²) >= 11 is 6.25. The summed E-state index contributed by atoms with van der Waals surface area (Å²) in [5.41, 5.74) is 2.20. The molecule has 0 aromatic heterocycles. The predicted molar refractivity (Wildman–Crippen MR) is 137 cm³/mol. The topological polar surface area (TPSA) is 56.7 Å². The molecule has 0 aliphatic rings. The maximum Gasteiger partial charge on any atom is 0.253 e. The van der Waals surface area contributed by atoms with Gasteiger partial charge in [0.15, 0.2) is 5.96 Å². The van der Waals surface area contributed by atoms with Crippen molar-refractivity contribution in [3.8, 4) is 0 Å². The number of rotatable bonds is 7. The van der Waals surface area contributed by atoms with E-state index in [1.54, 1.807) is 25.1 Å². The van der Waals surface area contributed by atoms with Crippen LogP contribution in [0.1, 0.15) is 42.3 Å². The molecule has 8 heteroatoms. The number of aliphatic imine (C=N–C) groups is 1. The number of amides is 1. The maximum absolute atomic E-state index is 13.4. The van der Waals surface area contributed by atoms with Gasteiger partial charge in [-0.05, 0) is 42.3 Å². The maximum atomic E-state index is 13.4. The normalized spacial score (nSPS) is 11.5. The average molecular weight is 561 g/mol. The van der Waals surface area contributed by atoms with Gasteiger partial charge in [0.1, 0.15) is 5.82 Å². The van der Waals surface area contributed by atoms with Crippen molar-refractivity contribution in [2.45, 2.75) is 32.7 Å². The SMILES string of the molecule is CCNC(=NCc1ccc(C(=O)N(C)C)cc1)NCC(C)(C)c1ccc(F)cc1Cl.I. The van der Waals surface area contributed by atoms with Gasteiger partial charge < -0.3 is 15.5 Å². The molecule has 0 radical (unpaired) electrons.